The van der Waals surface area contributed by atoms with E-state index < -0.39 is 17.5 Å². The van der Waals surface area contributed by atoms with Gasteiger partial charge in [0.15, 0.2) is 11.6 Å². The lowest BCUT2D eigenvalue weighted by molar-refractivity contribution is -0.130. The second-order valence-corrected chi connectivity index (χ2v) is 12.8. The van der Waals surface area contributed by atoms with E-state index in [2.05, 4.69) is 27.3 Å². The fraction of sp³-hybridized carbons (Fsp3) is 0.500. The van der Waals surface area contributed by atoms with Crippen LogP contribution in [0.1, 0.15) is 83.9 Å². The number of carbonyl (C=O) groups excluding carboxylic acids is 2. The highest BCUT2D eigenvalue weighted by Crippen LogP contribution is 2.73. The molecule has 2 heterocycles. The Morgan fingerprint density at radius 1 is 1.20 bits per heavy atom. The lowest BCUT2D eigenvalue weighted by Gasteiger charge is -2.68. The second kappa shape index (κ2) is 9.58. The average Bonchev–Trinajstić information content (AvgIpc) is 3.36. The molecule has 3 aromatic rings. The van der Waals surface area contributed by atoms with Crippen LogP contribution < -0.4 is 5.32 Å². The fourth-order valence-electron chi connectivity index (χ4n) is 6.17. The van der Waals surface area contributed by atoms with Crippen molar-refractivity contribution in [2.45, 2.75) is 90.7 Å². The number of amides is 1. The molecule has 2 bridgehead atoms. The van der Waals surface area contributed by atoms with Gasteiger partial charge in [0.05, 0.1) is 13.0 Å². The number of anilines is 1. The highest BCUT2D eigenvalue weighted by Gasteiger charge is 2.68. The summed E-state index contributed by atoms with van der Waals surface area (Å²) in [6, 6.07) is 6.98. The zero-order chi connectivity index (χ0) is 29.0. The molecule has 0 aliphatic heterocycles. The molecule has 10 heteroatoms. The van der Waals surface area contributed by atoms with Crippen molar-refractivity contribution in [2.24, 2.45) is 5.41 Å². The summed E-state index contributed by atoms with van der Waals surface area (Å²) in [6.07, 6.45) is 2.04. The first-order chi connectivity index (χ1) is 18.7. The Labute approximate surface area is 232 Å². The summed E-state index contributed by atoms with van der Waals surface area (Å²) >= 11 is 0. The van der Waals surface area contributed by atoms with Crippen molar-refractivity contribution in [1.82, 2.24) is 14.9 Å². The van der Waals surface area contributed by atoms with Crippen LogP contribution in [0.3, 0.4) is 0 Å². The summed E-state index contributed by atoms with van der Waals surface area (Å²) in [4.78, 5) is 28.9. The number of ketones is 1. The molecule has 6 rings (SSSR count). The third-order valence-electron chi connectivity index (χ3n) is 7.59. The first kappa shape index (κ1) is 27.6. The number of Topliss-reactive ketones (excluding diaryl/α,β-unsaturated/α-hetero) is 1. The van der Waals surface area contributed by atoms with Crippen LogP contribution in [0.25, 0.3) is 16.1 Å². The van der Waals surface area contributed by atoms with E-state index in [-0.39, 0.29) is 47.3 Å². The summed E-state index contributed by atoms with van der Waals surface area (Å²) < 4.78 is 27.2. The van der Waals surface area contributed by atoms with Gasteiger partial charge < -0.3 is 9.26 Å². The molecule has 0 radical (unpaired) electrons. The van der Waals surface area contributed by atoms with E-state index in [9.17, 15) is 14.0 Å². The molecule has 1 N–H and O–H groups in total. The van der Waals surface area contributed by atoms with E-state index in [1.54, 1.807) is 49.7 Å². The maximum atomic E-state index is 15.0. The van der Waals surface area contributed by atoms with Gasteiger partial charge in [-0.3, -0.25) is 14.8 Å². The fourth-order valence-corrected chi connectivity index (χ4v) is 6.17. The van der Waals surface area contributed by atoms with E-state index in [0.717, 1.165) is 24.8 Å². The molecule has 0 unspecified atom stereocenters. The van der Waals surface area contributed by atoms with Gasteiger partial charge >= 0.3 is 6.09 Å². The first-order valence-corrected chi connectivity index (χ1v) is 13.5. The maximum absolute atomic E-state index is 15.0. The first-order valence-electron chi connectivity index (χ1n) is 13.5. The lowest BCUT2D eigenvalue weighted by Crippen LogP contribution is -2.63. The van der Waals surface area contributed by atoms with E-state index in [4.69, 9.17) is 15.8 Å². The molecule has 9 nitrogen and oxygen atoms in total. The number of rotatable bonds is 8. The highest BCUT2D eigenvalue weighted by molar-refractivity contribution is 5.93. The Hall–Kier alpha value is -4.00. The summed E-state index contributed by atoms with van der Waals surface area (Å²) in [6.45, 7) is 19.0. The van der Waals surface area contributed by atoms with Crippen molar-refractivity contribution < 1.29 is 23.2 Å². The number of hydrogen-bond donors (Lipinski definition) is 1. The minimum absolute atomic E-state index is 0.00237. The quantitative estimate of drug-likeness (QED) is 0.306. The van der Waals surface area contributed by atoms with Crippen molar-refractivity contribution in [3.8, 4) is 11.3 Å². The van der Waals surface area contributed by atoms with E-state index >= 15 is 0 Å². The topological polar surface area (TPSA) is 104 Å². The van der Waals surface area contributed by atoms with E-state index in [1.165, 1.54) is 0 Å². The Morgan fingerprint density at radius 3 is 2.40 bits per heavy atom. The average molecular weight is 548 g/mol. The van der Waals surface area contributed by atoms with Crippen molar-refractivity contribution in [2.75, 3.05) is 5.32 Å². The van der Waals surface area contributed by atoms with Crippen LogP contribution in [0.5, 0.6) is 0 Å². The van der Waals surface area contributed by atoms with Crippen molar-refractivity contribution >= 4 is 23.4 Å². The van der Waals surface area contributed by atoms with Gasteiger partial charge in [0, 0.05) is 17.9 Å². The van der Waals surface area contributed by atoms with Gasteiger partial charge in [0.25, 0.3) is 5.69 Å². The molecule has 3 aliphatic rings. The van der Waals surface area contributed by atoms with E-state index in [1.807, 2.05) is 13.8 Å². The standard InChI is InChI=1S/C30H34FN5O4/c1-17(2)36-26(33-27(38)39-28(3,4)5)24(32-7)23(34-36)19-10-8-18(9-11-19)12-20(37)13-21-22(31)25(35-40-21)30-14-29(6,15-30)16-30/h8-11,17H,12-16H2,1-6H3,(H,33,38). The van der Waals surface area contributed by atoms with Gasteiger partial charge in [-0.05, 0) is 70.4 Å². The normalized spacial score (nSPS) is 21.4. The summed E-state index contributed by atoms with van der Waals surface area (Å²) in [5.41, 5.74) is 1.79. The molecule has 0 saturated heterocycles. The Balaban J connectivity index is 1.29. The Bertz CT molecular complexity index is 1500. The highest BCUT2D eigenvalue weighted by atomic mass is 19.1. The monoisotopic (exact) mass is 547 g/mol. The molecule has 40 heavy (non-hydrogen) atoms. The van der Waals surface area contributed by atoms with Gasteiger partial charge in [0.2, 0.25) is 0 Å². The number of aromatic nitrogens is 3. The maximum Gasteiger partial charge on any atom is 0.412 e. The molecule has 210 valence electrons. The van der Waals surface area contributed by atoms with Gasteiger partial charge in [-0.1, -0.05) is 36.3 Å². The number of nitrogens with zero attached hydrogens (tertiary/aromatic N) is 4. The van der Waals surface area contributed by atoms with Gasteiger partial charge in [-0.15, -0.1) is 0 Å². The SMILES string of the molecule is [C-]#[N+]c1c(-c2ccc(CC(=O)Cc3onc(C45CC(C)(C4)C5)c3F)cc2)nn(C(C)C)c1NC(=O)OC(C)(C)C. The number of nitrogens with one attached hydrogen (secondary N) is 1. The number of halogens is 1. The molecule has 3 fully saturated rings. The van der Waals surface area contributed by atoms with Gasteiger partial charge in [-0.2, -0.15) is 5.10 Å². The summed E-state index contributed by atoms with van der Waals surface area (Å²) in [5, 5.41) is 11.3. The molecular formula is C30H34FN5O4. The summed E-state index contributed by atoms with van der Waals surface area (Å²) in [7, 11) is 0. The third kappa shape index (κ3) is 5.01. The third-order valence-corrected chi connectivity index (χ3v) is 7.59. The van der Waals surface area contributed by atoms with E-state index in [0.29, 0.717) is 22.4 Å². The zero-order valence-electron chi connectivity index (χ0n) is 23.7. The van der Waals surface area contributed by atoms with Crippen LogP contribution in [0.2, 0.25) is 0 Å². The number of ether oxygens (including phenoxy) is 1. The predicted molar refractivity (Wildman–Crippen MR) is 147 cm³/mol. The van der Waals surface area contributed by atoms with Crippen molar-refractivity contribution in [1.29, 1.82) is 0 Å². The zero-order valence-corrected chi connectivity index (χ0v) is 23.7. The molecule has 1 amide bonds. The smallest absolute Gasteiger partial charge is 0.412 e. The van der Waals surface area contributed by atoms with Crippen molar-refractivity contribution in [3.05, 3.63) is 58.5 Å². The molecule has 3 aliphatic carbocycles. The second-order valence-electron chi connectivity index (χ2n) is 12.8. The van der Waals surface area contributed by atoms with Crippen LogP contribution in [-0.2, 0) is 27.8 Å². The largest absolute Gasteiger partial charge is 0.444 e. The Morgan fingerprint density at radius 2 is 1.85 bits per heavy atom. The summed E-state index contributed by atoms with van der Waals surface area (Å²) in [5.74, 6) is -0.408. The van der Waals surface area contributed by atoms with Crippen LogP contribution in [0, 0.1) is 17.8 Å². The number of hydrogen-bond acceptors (Lipinski definition) is 6. The molecule has 0 atom stereocenters. The van der Waals surface area contributed by atoms with Gasteiger partial charge in [-0.25, -0.2) is 14.0 Å². The molecule has 0 spiro atoms. The lowest BCUT2D eigenvalue weighted by atomic mass is 9.35. The minimum Gasteiger partial charge on any atom is -0.444 e. The van der Waals surface area contributed by atoms with Crippen LogP contribution in [0.4, 0.5) is 20.7 Å². The van der Waals surface area contributed by atoms with Crippen molar-refractivity contribution in [3.63, 3.8) is 0 Å². The van der Waals surface area contributed by atoms with Gasteiger partial charge in [0.1, 0.15) is 28.6 Å². The number of carbonyl (C=O) groups is 2. The Kier molecular flexibility index (Phi) is 6.60. The predicted octanol–water partition coefficient (Wildman–Crippen LogP) is 6.95. The molecular weight excluding hydrogens is 513 g/mol. The number of benzene rings is 1. The van der Waals surface area contributed by atoms with Crippen LogP contribution in [0.15, 0.2) is 28.8 Å². The van der Waals surface area contributed by atoms with Crippen LogP contribution >= 0.6 is 0 Å². The molecule has 1 aromatic carbocycles. The molecule has 2 aromatic heterocycles. The minimum atomic E-state index is -0.697. The molecule has 3 saturated carbocycles. The van der Waals surface area contributed by atoms with Crippen LogP contribution in [-0.4, -0.2) is 32.4 Å².